The number of aryl methyl sites for hydroxylation is 1. The van der Waals surface area contributed by atoms with E-state index in [0.29, 0.717) is 11.4 Å². The fourth-order valence-corrected chi connectivity index (χ4v) is 3.06. The Bertz CT molecular complexity index is 816. The summed E-state index contributed by atoms with van der Waals surface area (Å²) >= 11 is 1.49. The van der Waals surface area contributed by atoms with Crippen molar-refractivity contribution in [2.24, 2.45) is 5.10 Å². The van der Waals surface area contributed by atoms with Crippen molar-refractivity contribution in [1.82, 2.24) is 5.43 Å². The maximum absolute atomic E-state index is 12.3. The summed E-state index contributed by atoms with van der Waals surface area (Å²) in [4.78, 5) is 24.5. The smallest absolute Gasteiger partial charge is 0.253 e. The number of thioether (sulfide) groups is 1. The van der Waals surface area contributed by atoms with Crippen LogP contribution in [0.2, 0.25) is 0 Å². The Morgan fingerprint density at radius 1 is 1.08 bits per heavy atom. The van der Waals surface area contributed by atoms with Crippen LogP contribution in [0.5, 0.6) is 0 Å². The Morgan fingerprint density at radius 2 is 1.77 bits per heavy atom. The lowest BCUT2D eigenvalue weighted by atomic mass is 10.1. The molecule has 136 valence electrons. The number of benzene rings is 2. The molecule has 2 amide bonds. The molecule has 0 saturated carbocycles. The molecule has 2 aromatic rings. The van der Waals surface area contributed by atoms with Crippen molar-refractivity contribution in [3.8, 4) is 0 Å². The number of hydrogen-bond donors (Lipinski definition) is 2. The molecule has 0 spiro atoms. The van der Waals surface area contributed by atoms with Crippen LogP contribution in [0.25, 0.3) is 0 Å². The molecule has 6 heteroatoms. The summed E-state index contributed by atoms with van der Waals surface area (Å²) in [7, 11) is 0. The van der Waals surface area contributed by atoms with Crippen molar-refractivity contribution in [1.29, 1.82) is 0 Å². The van der Waals surface area contributed by atoms with Crippen molar-refractivity contribution in [3.05, 3.63) is 59.7 Å². The molecule has 0 unspecified atom stereocenters. The first kappa shape index (κ1) is 19.7. The zero-order chi connectivity index (χ0) is 19.1. The van der Waals surface area contributed by atoms with Crippen molar-refractivity contribution >= 4 is 35.0 Å². The highest BCUT2D eigenvalue weighted by Gasteiger charge is 2.14. The van der Waals surface area contributed by atoms with E-state index in [4.69, 9.17) is 0 Å². The van der Waals surface area contributed by atoms with E-state index in [-0.39, 0.29) is 17.1 Å². The quantitative estimate of drug-likeness (QED) is 0.460. The SMILES string of the molecule is CC(=O)Nc1cccc(/C(C)=N\NC(=O)[C@@H](C)Sc2ccc(C)cc2)c1. The lowest BCUT2D eigenvalue weighted by Crippen LogP contribution is -2.27. The highest BCUT2D eigenvalue weighted by molar-refractivity contribution is 8.00. The van der Waals surface area contributed by atoms with E-state index in [9.17, 15) is 9.59 Å². The molecule has 0 aliphatic rings. The van der Waals surface area contributed by atoms with Crippen LogP contribution in [0.4, 0.5) is 5.69 Å². The van der Waals surface area contributed by atoms with E-state index >= 15 is 0 Å². The first-order valence-electron chi connectivity index (χ1n) is 8.30. The van der Waals surface area contributed by atoms with Crippen LogP contribution in [0.1, 0.15) is 31.9 Å². The van der Waals surface area contributed by atoms with E-state index in [1.807, 2.05) is 63.2 Å². The molecule has 0 saturated heterocycles. The summed E-state index contributed by atoms with van der Waals surface area (Å²) in [5.41, 5.74) is 5.99. The van der Waals surface area contributed by atoms with Crippen LogP contribution >= 0.6 is 11.8 Å². The van der Waals surface area contributed by atoms with Gasteiger partial charge in [0.05, 0.1) is 11.0 Å². The summed E-state index contributed by atoms with van der Waals surface area (Å²) in [6, 6.07) is 15.4. The number of anilines is 1. The third kappa shape index (κ3) is 6.04. The number of rotatable bonds is 6. The van der Waals surface area contributed by atoms with Crippen molar-refractivity contribution in [3.63, 3.8) is 0 Å². The summed E-state index contributed by atoms with van der Waals surface area (Å²) in [5.74, 6) is -0.292. The third-order valence-electron chi connectivity index (χ3n) is 3.64. The zero-order valence-electron chi connectivity index (χ0n) is 15.4. The Labute approximate surface area is 158 Å². The lowest BCUT2D eigenvalue weighted by molar-refractivity contribution is -0.120. The van der Waals surface area contributed by atoms with Gasteiger partial charge in [0.15, 0.2) is 0 Å². The number of carbonyl (C=O) groups is 2. The second-order valence-corrected chi connectivity index (χ2v) is 7.42. The van der Waals surface area contributed by atoms with E-state index in [2.05, 4.69) is 15.8 Å². The molecule has 5 nitrogen and oxygen atoms in total. The average Bonchev–Trinajstić information content (AvgIpc) is 2.61. The van der Waals surface area contributed by atoms with Gasteiger partial charge in [-0.05, 0) is 50.6 Å². The highest BCUT2D eigenvalue weighted by Crippen LogP contribution is 2.23. The van der Waals surface area contributed by atoms with Gasteiger partial charge in [0, 0.05) is 17.5 Å². The number of amides is 2. The van der Waals surface area contributed by atoms with Gasteiger partial charge < -0.3 is 5.32 Å². The van der Waals surface area contributed by atoms with Crippen LogP contribution < -0.4 is 10.7 Å². The molecule has 26 heavy (non-hydrogen) atoms. The van der Waals surface area contributed by atoms with Crippen LogP contribution in [0.15, 0.2) is 58.5 Å². The van der Waals surface area contributed by atoms with E-state index < -0.39 is 0 Å². The molecule has 0 fully saturated rings. The molecular formula is C20H23N3O2S. The Kier molecular flexibility index (Phi) is 6.97. The van der Waals surface area contributed by atoms with E-state index in [0.717, 1.165) is 10.5 Å². The second kappa shape index (κ2) is 9.20. The fraction of sp³-hybridized carbons (Fsp3) is 0.250. The Morgan fingerprint density at radius 3 is 2.42 bits per heavy atom. The predicted molar refractivity (Wildman–Crippen MR) is 108 cm³/mol. The first-order chi connectivity index (χ1) is 12.3. The topological polar surface area (TPSA) is 70.6 Å². The molecular weight excluding hydrogens is 346 g/mol. The summed E-state index contributed by atoms with van der Waals surface area (Å²) in [6.45, 7) is 7.15. The van der Waals surface area contributed by atoms with Gasteiger partial charge in [-0.3, -0.25) is 9.59 Å². The number of nitrogens with zero attached hydrogens (tertiary/aromatic N) is 1. The minimum Gasteiger partial charge on any atom is -0.326 e. The number of nitrogens with one attached hydrogen (secondary N) is 2. The van der Waals surface area contributed by atoms with Gasteiger partial charge in [0.25, 0.3) is 5.91 Å². The minimum absolute atomic E-state index is 0.132. The summed E-state index contributed by atoms with van der Waals surface area (Å²) in [5, 5.41) is 6.65. The van der Waals surface area contributed by atoms with Gasteiger partial charge in [0.2, 0.25) is 5.91 Å². The summed E-state index contributed by atoms with van der Waals surface area (Å²) < 4.78 is 0. The number of carbonyl (C=O) groups excluding carboxylic acids is 2. The highest BCUT2D eigenvalue weighted by atomic mass is 32.2. The van der Waals surface area contributed by atoms with Crippen LogP contribution in [0.3, 0.4) is 0 Å². The van der Waals surface area contributed by atoms with Crippen LogP contribution in [-0.4, -0.2) is 22.8 Å². The molecule has 0 aromatic heterocycles. The lowest BCUT2D eigenvalue weighted by Gasteiger charge is -2.10. The maximum atomic E-state index is 12.3. The molecule has 0 radical (unpaired) electrons. The van der Waals surface area contributed by atoms with Gasteiger partial charge >= 0.3 is 0 Å². The molecule has 2 rings (SSSR count). The monoisotopic (exact) mass is 369 g/mol. The standard InChI is InChI=1S/C20H23N3O2S/c1-13-8-10-19(11-9-13)26-15(3)20(25)23-22-14(2)17-6-5-7-18(12-17)21-16(4)24/h5-12,15H,1-4H3,(H,21,24)(H,23,25)/b22-14-/t15-/m1/s1. The third-order valence-corrected chi connectivity index (χ3v) is 4.75. The molecule has 0 aliphatic heterocycles. The molecule has 0 bridgehead atoms. The molecule has 2 N–H and O–H groups in total. The van der Waals surface area contributed by atoms with Crippen molar-refractivity contribution in [2.75, 3.05) is 5.32 Å². The van der Waals surface area contributed by atoms with Gasteiger partial charge in [-0.15, -0.1) is 11.8 Å². The molecule has 1 atom stereocenters. The Balaban J connectivity index is 1.97. The zero-order valence-corrected chi connectivity index (χ0v) is 16.2. The van der Waals surface area contributed by atoms with Gasteiger partial charge in [-0.2, -0.15) is 5.10 Å². The largest absolute Gasteiger partial charge is 0.326 e. The van der Waals surface area contributed by atoms with Gasteiger partial charge in [-0.25, -0.2) is 5.43 Å². The Hall–Kier alpha value is -2.60. The van der Waals surface area contributed by atoms with Crippen LogP contribution in [-0.2, 0) is 9.59 Å². The van der Waals surface area contributed by atoms with Crippen molar-refractivity contribution in [2.45, 2.75) is 37.8 Å². The minimum atomic E-state index is -0.264. The molecule has 0 aliphatic carbocycles. The number of hydrogen-bond acceptors (Lipinski definition) is 4. The average molecular weight is 369 g/mol. The summed E-state index contributed by atoms with van der Waals surface area (Å²) in [6.07, 6.45) is 0. The fourth-order valence-electron chi connectivity index (χ4n) is 2.19. The predicted octanol–water partition coefficient (Wildman–Crippen LogP) is 3.97. The second-order valence-electron chi connectivity index (χ2n) is 6.01. The maximum Gasteiger partial charge on any atom is 0.253 e. The number of hydrazone groups is 1. The molecule has 0 heterocycles. The van der Waals surface area contributed by atoms with E-state index in [1.165, 1.54) is 24.2 Å². The van der Waals surface area contributed by atoms with Gasteiger partial charge in [0.1, 0.15) is 0 Å². The van der Waals surface area contributed by atoms with Crippen molar-refractivity contribution < 1.29 is 9.59 Å². The van der Waals surface area contributed by atoms with Crippen LogP contribution in [0, 0.1) is 6.92 Å². The van der Waals surface area contributed by atoms with Gasteiger partial charge in [-0.1, -0.05) is 29.8 Å². The first-order valence-corrected chi connectivity index (χ1v) is 9.18. The van der Waals surface area contributed by atoms with E-state index in [1.54, 1.807) is 6.07 Å². The molecule has 2 aromatic carbocycles. The normalized spacial score (nSPS) is 12.4.